The molecule has 0 spiro atoms. The lowest BCUT2D eigenvalue weighted by molar-refractivity contribution is -0.0330. The van der Waals surface area contributed by atoms with Crippen molar-refractivity contribution in [3.05, 3.63) is 46.7 Å². The van der Waals surface area contributed by atoms with Crippen LogP contribution in [-0.4, -0.2) is 53.6 Å². The van der Waals surface area contributed by atoms with Gasteiger partial charge in [-0.3, -0.25) is 9.88 Å². The van der Waals surface area contributed by atoms with Crippen molar-refractivity contribution in [3.8, 4) is 17.6 Å². The number of nitrogens with zero attached hydrogens (tertiary/aromatic N) is 3. The van der Waals surface area contributed by atoms with Crippen molar-refractivity contribution in [1.82, 2.24) is 9.38 Å². The lowest BCUT2D eigenvalue weighted by atomic mass is 10.2. The number of fused-ring (bicyclic) bond motifs is 1. The Morgan fingerprint density at radius 2 is 1.95 bits per heavy atom. The number of pyridine rings is 2. The summed E-state index contributed by atoms with van der Waals surface area (Å²) >= 11 is 3.09. The number of methoxy groups -OCH3 is 1. The molecule has 0 aromatic carbocycles. The maximum atomic E-state index is 13.3. The SMILES string of the molecule is COc1cc(P(C)(C)=O)ncc1N(CC#Cc1cc2c(Br)cccn2c1SC(F)(F)F)C(=O)OC(C)(C)C. The molecule has 0 aliphatic rings. The first kappa shape index (κ1) is 29.9. The number of alkyl halides is 3. The number of hydrogen-bond donors (Lipinski definition) is 0. The molecule has 0 saturated heterocycles. The van der Waals surface area contributed by atoms with Crippen molar-refractivity contribution in [1.29, 1.82) is 0 Å². The van der Waals surface area contributed by atoms with Gasteiger partial charge >= 0.3 is 11.6 Å². The van der Waals surface area contributed by atoms with Gasteiger partial charge in [0.15, 0.2) is 0 Å². The quantitative estimate of drug-likeness (QED) is 0.176. The van der Waals surface area contributed by atoms with Crippen LogP contribution < -0.4 is 15.1 Å². The summed E-state index contributed by atoms with van der Waals surface area (Å²) in [6.45, 7) is 7.96. The van der Waals surface area contributed by atoms with E-state index in [1.807, 2.05) is 0 Å². The van der Waals surface area contributed by atoms with E-state index in [0.717, 1.165) is 0 Å². The molecular weight excluding hydrogens is 606 g/mol. The third kappa shape index (κ3) is 7.49. The van der Waals surface area contributed by atoms with E-state index in [-0.39, 0.29) is 40.3 Å². The van der Waals surface area contributed by atoms with E-state index in [1.165, 1.54) is 34.9 Å². The number of thioether (sulfide) groups is 1. The molecule has 13 heteroatoms. The van der Waals surface area contributed by atoms with E-state index in [9.17, 15) is 22.5 Å². The first-order valence-electron chi connectivity index (χ1n) is 11.1. The molecule has 0 aliphatic carbocycles. The van der Waals surface area contributed by atoms with Gasteiger partial charge in [0.05, 0.1) is 30.9 Å². The van der Waals surface area contributed by atoms with Crippen LogP contribution in [0.15, 0.2) is 46.2 Å². The van der Waals surface area contributed by atoms with Gasteiger partial charge in [0.1, 0.15) is 34.6 Å². The van der Waals surface area contributed by atoms with Gasteiger partial charge in [-0.2, -0.15) is 13.2 Å². The number of hydrogen-bond acceptors (Lipinski definition) is 6. The topological polar surface area (TPSA) is 73.1 Å². The van der Waals surface area contributed by atoms with Gasteiger partial charge in [0.2, 0.25) is 0 Å². The van der Waals surface area contributed by atoms with Crippen LogP contribution in [0.25, 0.3) is 5.52 Å². The number of ether oxygens (including phenoxy) is 2. The van der Waals surface area contributed by atoms with Crippen LogP contribution in [0.4, 0.5) is 23.7 Å². The van der Waals surface area contributed by atoms with Crippen molar-refractivity contribution < 1.29 is 32.0 Å². The third-order valence-electron chi connectivity index (χ3n) is 4.89. The van der Waals surface area contributed by atoms with E-state index in [2.05, 4.69) is 32.8 Å². The minimum atomic E-state index is -4.53. The predicted molar refractivity (Wildman–Crippen MR) is 147 cm³/mol. The average Bonchev–Trinajstić information content (AvgIpc) is 3.11. The molecule has 0 radical (unpaired) electrons. The van der Waals surface area contributed by atoms with E-state index < -0.39 is 24.3 Å². The van der Waals surface area contributed by atoms with Crippen molar-refractivity contribution in [3.63, 3.8) is 0 Å². The maximum absolute atomic E-state index is 13.3. The normalized spacial score (nSPS) is 12.2. The van der Waals surface area contributed by atoms with E-state index >= 15 is 0 Å². The molecule has 38 heavy (non-hydrogen) atoms. The minimum absolute atomic E-state index is 0.102. The molecule has 1 amide bonds. The fraction of sp³-hybridized carbons (Fsp3) is 0.360. The number of halogens is 4. The first-order chi connectivity index (χ1) is 17.5. The summed E-state index contributed by atoms with van der Waals surface area (Å²) in [6.07, 6.45) is 2.10. The summed E-state index contributed by atoms with van der Waals surface area (Å²) in [4.78, 5) is 18.5. The second-order valence-electron chi connectivity index (χ2n) is 9.46. The van der Waals surface area contributed by atoms with Gasteiger partial charge < -0.3 is 18.4 Å². The molecule has 0 saturated carbocycles. The third-order valence-corrected chi connectivity index (χ3v) is 7.75. The Morgan fingerprint density at radius 3 is 2.53 bits per heavy atom. The van der Waals surface area contributed by atoms with Gasteiger partial charge in [-0.05, 0) is 68.2 Å². The Kier molecular flexibility index (Phi) is 8.86. The van der Waals surface area contributed by atoms with Crippen LogP contribution in [-0.2, 0) is 9.30 Å². The van der Waals surface area contributed by atoms with Crippen molar-refractivity contribution in [2.24, 2.45) is 0 Å². The largest absolute Gasteiger partial charge is 0.494 e. The predicted octanol–water partition coefficient (Wildman–Crippen LogP) is 6.76. The molecule has 7 nitrogen and oxygen atoms in total. The molecule has 0 unspecified atom stereocenters. The molecule has 0 atom stereocenters. The Balaban J connectivity index is 2.08. The van der Waals surface area contributed by atoms with Crippen LogP contribution >= 0.6 is 34.8 Å². The Bertz CT molecular complexity index is 1470. The number of carbonyl (C=O) groups is 1. The highest BCUT2D eigenvalue weighted by Crippen LogP contribution is 2.41. The summed E-state index contributed by atoms with van der Waals surface area (Å²) in [5.74, 6) is 5.79. The molecule has 0 bridgehead atoms. The molecule has 0 fully saturated rings. The van der Waals surface area contributed by atoms with Crippen molar-refractivity contribution in [2.45, 2.75) is 36.9 Å². The van der Waals surface area contributed by atoms with Crippen LogP contribution in [0.3, 0.4) is 0 Å². The highest BCUT2D eigenvalue weighted by molar-refractivity contribution is 9.10. The van der Waals surface area contributed by atoms with Crippen molar-refractivity contribution in [2.75, 3.05) is 31.9 Å². The zero-order valence-corrected chi connectivity index (χ0v) is 24.8. The van der Waals surface area contributed by atoms with Crippen LogP contribution in [0.2, 0.25) is 0 Å². The molecular formula is C25H26BrF3N3O4PS. The lowest BCUT2D eigenvalue weighted by Gasteiger charge is -2.27. The monoisotopic (exact) mass is 631 g/mol. The second-order valence-corrected chi connectivity index (χ2v) is 14.5. The van der Waals surface area contributed by atoms with Crippen molar-refractivity contribution >= 4 is 57.6 Å². The Hall–Kier alpha value is -2.61. The molecule has 3 aromatic rings. The molecule has 3 rings (SSSR count). The zero-order valence-electron chi connectivity index (χ0n) is 21.5. The lowest BCUT2D eigenvalue weighted by Crippen LogP contribution is -2.37. The zero-order chi connectivity index (χ0) is 28.5. The number of amides is 1. The number of rotatable bonds is 5. The van der Waals surface area contributed by atoms with Gasteiger partial charge in [0, 0.05) is 28.5 Å². The van der Waals surface area contributed by atoms with E-state index in [1.54, 1.807) is 52.3 Å². The summed E-state index contributed by atoms with van der Waals surface area (Å²) < 4.78 is 65.5. The van der Waals surface area contributed by atoms with E-state index in [0.29, 0.717) is 15.4 Å². The number of aromatic nitrogens is 2. The summed E-state index contributed by atoms with van der Waals surface area (Å²) in [5.41, 5.74) is -4.20. The summed E-state index contributed by atoms with van der Waals surface area (Å²) in [7, 11) is -1.33. The minimum Gasteiger partial charge on any atom is -0.494 e. The second kappa shape index (κ2) is 11.2. The fourth-order valence-corrected chi connectivity index (χ4v) is 5.22. The number of anilines is 1. The standard InChI is InChI=1S/C25H26BrF3N3O4PS/c1-24(2,3)36-23(33)32(19-15-30-21(37(5,6)34)14-20(19)35-4)12-7-9-16-13-18-17(26)10-8-11-31(18)22(16)38-25(27,28)29/h8,10-11,13-15H,12H2,1-6H3. The molecule has 0 N–H and O–H groups in total. The highest BCUT2D eigenvalue weighted by Gasteiger charge is 2.32. The van der Waals surface area contributed by atoms with Gasteiger partial charge in [0.25, 0.3) is 0 Å². The molecule has 3 aromatic heterocycles. The van der Waals surface area contributed by atoms with Gasteiger partial charge in [-0.15, -0.1) is 0 Å². The molecule has 3 heterocycles. The first-order valence-corrected chi connectivity index (χ1v) is 15.4. The van der Waals surface area contributed by atoms with Crippen LogP contribution in [0.1, 0.15) is 26.3 Å². The number of carbonyl (C=O) groups excluding carboxylic acids is 1. The summed E-state index contributed by atoms with van der Waals surface area (Å²) in [6, 6.07) is 6.36. The fourth-order valence-electron chi connectivity index (χ4n) is 3.30. The Morgan fingerprint density at radius 1 is 1.26 bits per heavy atom. The molecule has 0 aliphatic heterocycles. The van der Waals surface area contributed by atoms with Crippen LogP contribution in [0, 0.1) is 11.8 Å². The van der Waals surface area contributed by atoms with Gasteiger partial charge in [-0.25, -0.2) is 4.79 Å². The highest BCUT2D eigenvalue weighted by atomic mass is 79.9. The maximum Gasteiger partial charge on any atom is 0.447 e. The van der Waals surface area contributed by atoms with Gasteiger partial charge in [-0.1, -0.05) is 11.8 Å². The summed E-state index contributed by atoms with van der Waals surface area (Å²) in [5, 5.41) is -0.102. The smallest absolute Gasteiger partial charge is 0.447 e. The Labute approximate surface area is 231 Å². The molecule has 204 valence electrons. The van der Waals surface area contributed by atoms with Crippen LogP contribution in [0.5, 0.6) is 5.75 Å². The average molecular weight is 632 g/mol. The van der Waals surface area contributed by atoms with E-state index in [4.69, 9.17) is 9.47 Å².